The second-order valence-corrected chi connectivity index (χ2v) is 9.67. The Balaban J connectivity index is 1.41. The summed E-state index contributed by atoms with van der Waals surface area (Å²) < 4.78 is 5.63. The lowest BCUT2D eigenvalue weighted by Gasteiger charge is -2.17. The van der Waals surface area contributed by atoms with Crippen LogP contribution < -0.4 is 10.6 Å². The van der Waals surface area contributed by atoms with E-state index >= 15 is 0 Å². The molecule has 0 radical (unpaired) electrons. The van der Waals surface area contributed by atoms with Gasteiger partial charge in [0.05, 0.1) is 0 Å². The molecule has 24 heavy (non-hydrogen) atoms. The molecule has 2 saturated heterocycles. The lowest BCUT2D eigenvalue weighted by Crippen LogP contribution is -2.36. The fourth-order valence-electron chi connectivity index (χ4n) is 3.37. The molecule has 5 heteroatoms. The Morgan fingerprint density at radius 2 is 1.92 bits per heavy atom. The third-order valence-corrected chi connectivity index (χ3v) is 6.47. The van der Waals surface area contributed by atoms with Gasteiger partial charge in [0.2, 0.25) is 0 Å². The van der Waals surface area contributed by atoms with Gasteiger partial charge < -0.3 is 4.74 Å². The highest BCUT2D eigenvalue weighted by Gasteiger charge is 2.38. The third kappa shape index (κ3) is 7.42. The highest BCUT2D eigenvalue weighted by molar-refractivity contribution is 8.00. The molecule has 0 bridgehead atoms. The minimum Gasteiger partial charge on any atom is -0.381 e. The number of carbonyl (C=O) groups excluding carboxylic acids is 1. The van der Waals surface area contributed by atoms with Crippen molar-refractivity contribution >= 4 is 17.5 Å². The number of nitrogens with one attached hydrogen (secondary N) is 2. The predicted molar refractivity (Wildman–Crippen MR) is 103 cm³/mol. The van der Waals surface area contributed by atoms with Crippen LogP contribution in [-0.2, 0) is 9.53 Å². The number of Topliss-reactive ketones (excluding diaryl/α,β-unsaturated/α-hetero) is 1. The Morgan fingerprint density at radius 1 is 1.12 bits per heavy atom. The molecular formula is C19H36N2O2S. The number of rotatable bonds is 11. The van der Waals surface area contributed by atoms with E-state index < -0.39 is 0 Å². The zero-order chi connectivity index (χ0) is 17.4. The number of carbonyl (C=O) groups is 1. The first-order valence-corrected chi connectivity index (χ1v) is 10.7. The Hall–Kier alpha value is -0.100. The van der Waals surface area contributed by atoms with Gasteiger partial charge in [0.15, 0.2) is 0 Å². The van der Waals surface area contributed by atoms with E-state index in [-0.39, 0.29) is 0 Å². The Bertz CT molecular complexity index is 384. The first kappa shape index (κ1) is 20.2. The largest absolute Gasteiger partial charge is 0.381 e. The van der Waals surface area contributed by atoms with Gasteiger partial charge in [0.25, 0.3) is 0 Å². The lowest BCUT2D eigenvalue weighted by molar-refractivity contribution is -0.119. The van der Waals surface area contributed by atoms with Crippen LogP contribution in [0.3, 0.4) is 0 Å². The van der Waals surface area contributed by atoms with Gasteiger partial charge in [-0.3, -0.25) is 15.4 Å². The number of thioether (sulfide) groups is 1. The summed E-state index contributed by atoms with van der Waals surface area (Å²) in [5.41, 5.74) is 0.331. The third-order valence-electron chi connectivity index (χ3n) is 4.96. The van der Waals surface area contributed by atoms with Crippen molar-refractivity contribution in [2.24, 2.45) is 5.41 Å². The van der Waals surface area contributed by atoms with Crippen molar-refractivity contribution in [2.45, 2.75) is 83.1 Å². The molecule has 2 aliphatic heterocycles. The standard InChI is InChI=1S/C19H36N2O2S/c1-19(2,3)10-12-23-11-6-8-15(22)7-4-5-9-17-18-16(13-24-17)20-14-21-18/h16-18,20-21H,4-14H2,1-3H3/t16-,17-,18-/m0/s1. The van der Waals surface area contributed by atoms with Gasteiger partial charge in [-0.15, -0.1) is 0 Å². The van der Waals surface area contributed by atoms with Crippen molar-refractivity contribution in [3.05, 3.63) is 0 Å². The fourth-order valence-corrected chi connectivity index (χ4v) is 4.97. The van der Waals surface area contributed by atoms with Gasteiger partial charge in [-0.2, -0.15) is 11.8 Å². The second-order valence-electron chi connectivity index (χ2n) is 8.40. The van der Waals surface area contributed by atoms with Crippen molar-refractivity contribution in [1.29, 1.82) is 0 Å². The van der Waals surface area contributed by atoms with Crippen molar-refractivity contribution < 1.29 is 9.53 Å². The summed E-state index contributed by atoms with van der Waals surface area (Å²) in [6, 6.07) is 1.32. The van der Waals surface area contributed by atoms with Crippen LogP contribution in [0, 0.1) is 5.41 Å². The molecule has 0 aliphatic carbocycles. The zero-order valence-electron chi connectivity index (χ0n) is 15.7. The SMILES string of the molecule is CC(C)(C)CCOCCCC(=O)CCCC[C@@H]1SC[C@@H]2NCN[C@@H]21. The van der Waals surface area contributed by atoms with E-state index in [9.17, 15) is 4.79 Å². The van der Waals surface area contributed by atoms with Crippen LogP contribution in [0.2, 0.25) is 0 Å². The van der Waals surface area contributed by atoms with Crippen LogP contribution in [0.15, 0.2) is 0 Å². The summed E-state index contributed by atoms with van der Waals surface area (Å²) in [4.78, 5) is 11.9. The van der Waals surface area contributed by atoms with E-state index in [0.29, 0.717) is 29.7 Å². The average molecular weight is 357 g/mol. The quantitative estimate of drug-likeness (QED) is 0.556. The molecule has 0 aromatic carbocycles. The Labute approximate surface area is 152 Å². The number of ketones is 1. The van der Waals surface area contributed by atoms with Gasteiger partial charge >= 0.3 is 0 Å². The summed E-state index contributed by atoms with van der Waals surface area (Å²) in [5, 5.41) is 7.80. The van der Waals surface area contributed by atoms with Gasteiger partial charge in [-0.05, 0) is 31.1 Å². The van der Waals surface area contributed by atoms with E-state index in [1.54, 1.807) is 0 Å². The molecule has 0 saturated carbocycles. The second kappa shape index (κ2) is 10.1. The molecule has 0 amide bonds. The number of hydrogen-bond acceptors (Lipinski definition) is 5. The molecule has 2 fully saturated rings. The van der Waals surface area contributed by atoms with E-state index in [0.717, 1.165) is 50.8 Å². The molecule has 4 nitrogen and oxygen atoms in total. The van der Waals surface area contributed by atoms with E-state index in [1.807, 2.05) is 0 Å². The van der Waals surface area contributed by atoms with Gasteiger partial charge in [-0.1, -0.05) is 27.2 Å². The summed E-state index contributed by atoms with van der Waals surface area (Å²) in [7, 11) is 0. The fraction of sp³-hybridized carbons (Fsp3) is 0.947. The molecule has 0 spiro atoms. The molecule has 2 heterocycles. The number of ether oxygens (including phenoxy) is 1. The highest BCUT2D eigenvalue weighted by Crippen LogP contribution is 2.32. The van der Waals surface area contributed by atoms with Crippen LogP contribution in [0.1, 0.15) is 65.7 Å². The molecule has 0 aromatic rings. The first-order valence-electron chi connectivity index (χ1n) is 9.63. The number of unbranched alkanes of at least 4 members (excludes halogenated alkanes) is 1. The summed E-state index contributed by atoms with van der Waals surface area (Å²) >= 11 is 2.09. The lowest BCUT2D eigenvalue weighted by atomic mass is 9.93. The monoisotopic (exact) mass is 356 g/mol. The Kier molecular flexibility index (Phi) is 8.55. The van der Waals surface area contributed by atoms with Crippen LogP contribution >= 0.6 is 11.8 Å². The van der Waals surface area contributed by atoms with Crippen molar-refractivity contribution in [3.8, 4) is 0 Å². The molecule has 140 valence electrons. The van der Waals surface area contributed by atoms with E-state index in [1.165, 1.54) is 18.6 Å². The molecule has 0 aromatic heterocycles. The van der Waals surface area contributed by atoms with Crippen LogP contribution in [-0.4, -0.2) is 48.8 Å². The molecule has 2 N–H and O–H groups in total. The molecule has 2 aliphatic rings. The van der Waals surface area contributed by atoms with Crippen molar-refractivity contribution in [3.63, 3.8) is 0 Å². The number of hydrogen-bond donors (Lipinski definition) is 2. The minimum atomic E-state index is 0.331. The van der Waals surface area contributed by atoms with Crippen LogP contribution in [0.5, 0.6) is 0 Å². The highest BCUT2D eigenvalue weighted by atomic mass is 32.2. The zero-order valence-corrected chi connectivity index (χ0v) is 16.6. The molecular weight excluding hydrogens is 320 g/mol. The van der Waals surface area contributed by atoms with Gasteiger partial charge in [0.1, 0.15) is 5.78 Å². The predicted octanol–water partition coefficient (Wildman–Crippen LogP) is 3.35. The molecule has 0 unspecified atom stereocenters. The van der Waals surface area contributed by atoms with Crippen molar-refractivity contribution in [2.75, 3.05) is 25.6 Å². The maximum absolute atomic E-state index is 11.9. The Morgan fingerprint density at radius 3 is 2.71 bits per heavy atom. The average Bonchev–Trinajstić information content (AvgIpc) is 3.10. The molecule has 2 rings (SSSR count). The van der Waals surface area contributed by atoms with Crippen molar-refractivity contribution in [1.82, 2.24) is 10.6 Å². The van der Waals surface area contributed by atoms with Crippen LogP contribution in [0.4, 0.5) is 0 Å². The van der Waals surface area contributed by atoms with Gasteiger partial charge in [-0.25, -0.2) is 0 Å². The summed E-state index contributed by atoms with van der Waals surface area (Å²) in [6.45, 7) is 9.17. The smallest absolute Gasteiger partial charge is 0.132 e. The van der Waals surface area contributed by atoms with E-state index in [2.05, 4.69) is 43.2 Å². The normalized spacial score (nSPS) is 26.7. The minimum absolute atomic E-state index is 0.331. The van der Waals surface area contributed by atoms with Gasteiger partial charge in [0, 0.05) is 55.8 Å². The topological polar surface area (TPSA) is 50.4 Å². The maximum Gasteiger partial charge on any atom is 0.132 e. The summed E-state index contributed by atoms with van der Waals surface area (Å²) in [6.07, 6.45) is 6.85. The van der Waals surface area contributed by atoms with E-state index in [4.69, 9.17) is 4.74 Å². The van der Waals surface area contributed by atoms with Crippen LogP contribution in [0.25, 0.3) is 0 Å². The maximum atomic E-state index is 11.9. The first-order chi connectivity index (χ1) is 11.5. The summed E-state index contributed by atoms with van der Waals surface area (Å²) in [5.74, 6) is 1.64. The number of fused-ring (bicyclic) bond motifs is 1. The molecule has 3 atom stereocenters.